The predicted octanol–water partition coefficient (Wildman–Crippen LogP) is -0.783. The second-order valence-corrected chi connectivity index (χ2v) is 2.21. The first kappa shape index (κ1) is 8.25. The summed E-state index contributed by atoms with van der Waals surface area (Å²) in [4.78, 5) is 21.0. The van der Waals surface area contributed by atoms with Crippen LogP contribution < -0.4 is 5.73 Å². The zero-order valence-corrected chi connectivity index (χ0v) is 6.31. The molecule has 0 bridgehead atoms. The smallest absolute Gasteiger partial charge is 0.354 e. The molecule has 0 unspecified atom stereocenters. The molecular formula is C6H7N3O3. The van der Waals surface area contributed by atoms with E-state index >= 15 is 0 Å². The molecule has 12 heavy (non-hydrogen) atoms. The molecule has 0 aliphatic heterocycles. The highest BCUT2D eigenvalue weighted by Gasteiger charge is 2.13. The molecule has 1 amide bonds. The summed E-state index contributed by atoms with van der Waals surface area (Å²) in [5.41, 5.74) is 4.78. The summed E-state index contributed by atoms with van der Waals surface area (Å²) in [7, 11) is 1.43. The monoisotopic (exact) mass is 169 g/mol. The SMILES string of the molecule is Cn1nc(C(N)=O)cc1C(=O)O. The van der Waals surface area contributed by atoms with Crippen LogP contribution in [0.5, 0.6) is 0 Å². The van der Waals surface area contributed by atoms with Gasteiger partial charge in [-0.2, -0.15) is 5.10 Å². The lowest BCUT2D eigenvalue weighted by molar-refractivity contribution is 0.0685. The molecule has 3 N–H and O–H groups in total. The Morgan fingerprint density at radius 2 is 2.25 bits per heavy atom. The fourth-order valence-electron chi connectivity index (χ4n) is 0.788. The Balaban J connectivity index is 3.17. The molecule has 1 heterocycles. The summed E-state index contributed by atoms with van der Waals surface area (Å²) >= 11 is 0. The van der Waals surface area contributed by atoms with Gasteiger partial charge in [0.2, 0.25) is 0 Å². The number of hydrogen-bond acceptors (Lipinski definition) is 3. The number of aryl methyl sites for hydroxylation is 1. The van der Waals surface area contributed by atoms with E-state index in [-0.39, 0.29) is 11.4 Å². The van der Waals surface area contributed by atoms with Crippen molar-refractivity contribution in [1.29, 1.82) is 0 Å². The van der Waals surface area contributed by atoms with Gasteiger partial charge in [-0.05, 0) is 0 Å². The second-order valence-electron chi connectivity index (χ2n) is 2.21. The number of aromatic nitrogens is 2. The van der Waals surface area contributed by atoms with Crippen LogP contribution in [-0.4, -0.2) is 26.8 Å². The minimum Gasteiger partial charge on any atom is -0.477 e. The van der Waals surface area contributed by atoms with Crippen molar-refractivity contribution in [2.45, 2.75) is 0 Å². The van der Waals surface area contributed by atoms with Crippen molar-refractivity contribution in [3.8, 4) is 0 Å². The molecule has 64 valence electrons. The molecule has 1 rings (SSSR count). The second kappa shape index (κ2) is 2.65. The van der Waals surface area contributed by atoms with Crippen LogP contribution in [-0.2, 0) is 7.05 Å². The van der Waals surface area contributed by atoms with E-state index in [2.05, 4.69) is 5.10 Å². The Morgan fingerprint density at radius 1 is 1.67 bits per heavy atom. The Bertz CT molecular complexity index is 342. The molecule has 0 saturated heterocycles. The number of aromatic carboxylic acids is 1. The normalized spacial score (nSPS) is 9.75. The van der Waals surface area contributed by atoms with E-state index in [1.807, 2.05) is 0 Å². The zero-order valence-electron chi connectivity index (χ0n) is 6.31. The highest BCUT2D eigenvalue weighted by Crippen LogP contribution is 2.01. The molecule has 0 spiro atoms. The van der Waals surface area contributed by atoms with Crippen molar-refractivity contribution in [3.05, 3.63) is 17.5 Å². The van der Waals surface area contributed by atoms with Gasteiger partial charge in [0, 0.05) is 13.1 Å². The highest BCUT2D eigenvalue weighted by atomic mass is 16.4. The molecule has 0 fully saturated rings. The molecule has 6 nitrogen and oxygen atoms in total. The number of hydrogen-bond donors (Lipinski definition) is 2. The van der Waals surface area contributed by atoms with Crippen LogP contribution in [0.25, 0.3) is 0 Å². The molecular weight excluding hydrogens is 162 g/mol. The summed E-state index contributed by atoms with van der Waals surface area (Å²) in [5, 5.41) is 12.1. The molecule has 1 aromatic heterocycles. The number of carboxylic acid groups (broad SMARTS) is 1. The van der Waals surface area contributed by atoms with E-state index in [0.717, 1.165) is 10.7 Å². The minimum atomic E-state index is -1.14. The van der Waals surface area contributed by atoms with E-state index in [1.54, 1.807) is 0 Å². The van der Waals surface area contributed by atoms with E-state index in [9.17, 15) is 9.59 Å². The predicted molar refractivity (Wildman–Crippen MR) is 38.7 cm³/mol. The Hall–Kier alpha value is -1.85. The molecule has 0 aromatic carbocycles. The molecule has 1 aromatic rings. The lowest BCUT2D eigenvalue weighted by atomic mass is 10.3. The minimum absolute atomic E-state index is 0.0464. The number of nitrogens with two attached hydrogens (primary N) is 1. The van der Waals surface area contributed by atoms with Crippen LogP contribution in [0.4, 0.5) is 0 Å². The van der Waals surface area contributed by atoms with Crippen molar-refractivity contribution < 1.29 is 14.7 Å². The number of carbonyl (C=O) groups is 2. The Kier molecular flexibility index (Phi) is 1.82. The van der Waals surface area contributed by atoms with Crippen LogP contribution in [0.2, 0.25) is 0 Å². The average Bonchev–Trinajstić information content (AvgIpc) is 2.30. The number of primary amides is 1. The fraction of sp³-hybridized carbons (Fsp3) is 0.167. The maximum absolute atomic E-state index is 10.5. The first-order valence-electron chi connectivity index (χ1n) is 3.09. The lowest BCUT2D eigenvalue weighted by Crippen LogP contribution is -2.11. The van der Waals surface area contributed by atoms with Crippen LogP contribution in [0.1, 0.15) is 21.0 Å². The van der Waals surface area contributed by atoms with Gasteiger partial charge in [-0.3, -0.25) is 9.48 Å². The molecule has 0 saturated carbocycles. The van der Waals surface area contributed by atoms with Crippen molar-refractivity contribution in [2.75, 3.05) is 0 Å². The third kappa shape index (κ3) is 1.26. The number of carboxylic acids is 1. The standard InChI is InChI=1S/C6H7N3O3/c1-9-4(6(11)12)2-3(8-9)5(7)10/h2H,1H3,(H2,7,10)(H,11,12). The summed E-state index contributed by atoms with van der Waals surface area (Å²) in [6, 6.07) is 1.13. The van der Waals surface area contributed by atoms with E-state index in [4.69, 9.17) is 10.8 Å². The van der Waals surface area contributed by atoms with Gasteiger partial charge in [0.15, 0.2) is 5.69 Å². The van der Waals surface area contributed by atoms with Gasteiger partial charge in [0.25, 0.3) is 5.91 Å². The van der Waals surface area contributed by atoms with Gasteiger partial charge >= 0.3 is 5.97 Å². The topological polar surface area (TPSA) is 98.2 Å². The van der Waals surface area contributed by atoms with Gasteiger partial charge < -0.3 is 10.8 Å². The summed E-state index contributed by atoms with van der Waals surface area (Å²) in [5.74, 6) is -1.88. The van der Waals surface area contributed by atoms with Crippen molar-refractivity contribution in [2.24, 2.45) is 12.8 Å². The zero-order chi connectivity index (χ0) is 9.30. The summed E-state index contributed by atoms with van der Waals surface area (Å²) in [6.45, 7) is 0. The molecule has 0 radical (unpaired) electrons. The molecule has 0 atom stereocenters. The quantitative estimate of drug-likeness (QED) is 0.606. The largest absolute Gasteiger partial charge is 0.477 e. The van der Waals surface area contributed by atoms with E-state index in [0.29, 0.717) is 0 Å². The van der Waals surface area contributed by atoms with Gasteiger partial charge in [-0.15, -0.1) is 0 Å². The maximum Gasteiger partial charge on any atom is 0.354 e. The van der Waals surface area contributed by atoms with Gasteiger partial charge in [0.1, 0.15) is 5.69 Å². The summed E-state index contributed by atoms with van der Waals surface area (Å²) < 4.78 is 1.09. The van der Waals surface area contributed by atoms with Crippen LogP contribution in [0.3, 0.4) is 0 Å². The first-order chi connectivity index (χ1) is 5.52. The van der Waals surface area contributed by atoms with Crippen LogP contribution in [0.15, 0.2) is 6.07 Å². The Morgan fingerprint density at radius 3 is 2.50 bits per heavy atom. The fourth-order valence-corrected chi connectivity index (χ4v) is 0.788. The van der Waals surface area contributed by atoms with Crippen molar-refractivity contribution in [3.63, 3.8) is 0 Å². The highest BCUT2D eigenvalue weighted by molar-refractivity contribution is 5.94. The number of nitrogens with zero attached hydrogens (tertiary/aromatic N) is 2. The van der Waals surface area contributed by atoms with Gasteiger partial charge in [-0.25, -0.2) is 4.79 Å². The lowest BCUT2D eigenvalue weighted by Gasteiger charge is -1.91. The third-order valence-electron chi connectivity index (χ3n) is 1.35. The first-order valence-corrected chi connectivity index (χ1v) is 3.09. The summed E-state index contributed by atoms with van der Waals surface area (Å²) in [6.07, 6.45) is 0. The number of carbonyl (C=O) groups excluding carboxylic acids is 1. The van der Waals surface area contributed by atoms with Gasteiger partial charge in [0.05, 0.1) is 0 Å². The average molecular weight is 169 g/mol. The third-order valence-corrected chi connectivity index (χ3v) is 1.35. The van der Waals surface area contributed by atoms with Crippen LogP contribution >= 0.6 is 0 Å². The van der Waals surface area contributed by atoms with E-state index in [1.165, 1.54) is 7.05 Å². The van der Waals surface area contributed by atoms with Crippen LogP contribution in [0, 0.1) is 0 Å². The van der Waals surface area contributed by atoms with Crippen molar-refractivity contribution in [1.82, 2.24) is 9.78 Å². The maximum atomic E-state index is 10.5. The van der Waals surface area contributed by atoms with Gasteiger partial charge in [-0.1, -0.05) is 0 Å². The number of rotatable bonds is 2. The molecule has 6 heteroatoms. The van der Waals surface area contributed by atoms with E-state index < -0.39 is 11.9 Å². The molecule has 0 aliphatic carbocycles. The Labute approximate surface area is 67.6 Å². The number of amides is 1. The van der Waals surface area contributed by atoms with Crippen molar-refractivity contribution >= 4 is 11.9 Å². The molecule has 0 aliphatic rings.